The highest BCUT2D eigenvalue weighted by molar-refractivity contribution is 5.94. The van der Waals surface area contributed by atoms with E-state index in [-0.39, 0.29) is 5.82 Å². The molecule has 3 nitrogen and oxygen atoms in total. The first-order valence-electron chi connectivity index (χ1n) is 7.46. The van der Waals surface area contributed by atoms with Gasteiger partial charge in [-0.15, -0.1) is 0 Å². The molecule has 1 aliphatic rings. The van der Waals surface area contributed by atoms with E-state index in [9.17, 15) is 22.4 Å². The zero-order chi connectivity index (χ0) is 16.9. The van der Waals surface area contributed by atoms with Crippen molar-refractivity contribution < 1.29 is 27.3 Å². The lowest BCUT2D eigenvalue weighted by Crippen LogP contribution is -3.11. The van der Waals surface area contributed by atoms with E-state index in [4.69, 9.17) is 0 Å². The van der Waals surface area contributed by atoms with Crippen molar-refractivity contribution in [3.05, 3.63) is 47.9 Å². The molecule has 126 valence electrons. The van der Waals surface area contributed by atoms with E-state index in [0.29, 0.717) is 19.2 Å². The number of carbonyl (C=O) groups is 1. The van der Waals surface area contributed by atoms with Crippen molar-refractivity contribution >= 4 is 5.78 Å². The van der Waals surface area contributed by atoms with Gasteiger partial charge in [-0.05, 0) is 12.1 Å². The molecule has 0 saturated carbocycles. The maximum absolute atomic E-state index is 12.9. The average Bonchev–Trinajstić information content (AvgIpc) is 2.71. The number of nitrogens with one attached hydrogen (secondary N) is 1. The van der Waals surface area contributed by atoms with Crippen LogP contribution in [-0.4, -0.2) is 43.0 Å². The summed E-state index contributed by atoms with van der Waals surface area (Å²) < 4.78 is 49.4. The largest absolute Gasteiger partial charge is 0.454 e. The highest BCUT2D eigenvalue weighted by Gasteiger charge is 2.36. The van der Waals surface area contributed by atoms with Crippen LogP contribution in [-0.2, 0) is 11.3 Å². The second-order valence-electron chi connectivity index (χ2n) is 5.62. The Kier molecular flexibility index (Phi) is 5.76. The summed E-state index contributed by atoms with van der Waals surface area (Å²) in [6, 6.07) is 6.33. The zero-order valence-electron chi connectivity index (χ0n) is 12.6. The maximum Gasteiger partial charge on any atom is 0.454 e. The summed E-state index contributed by atoms with van der Waals surface area (Å²) in [6.07, 6.45) is -2.18. The molecular weight excluding hydrogens is 312 g/mol. The van der Waals surface area contributed by atoms with Crippen LogP contribution >= 0.6 is 0 Å². The quantitative estimate of drug-likeness (QED) is 0.669. The van der Waals surface area contributed by atoms with Crippen LogP contribution in [0.3, 0.4) is 0 Å². The van der Waals surface area contributed by atoms with Crippen LogP contribution in [0.2, 0.25) is 0 Å². The Morgan fingerprint density at radius 1 is 1.17 bits per heavy atom. The summed E-state index contributed by atoms with van der Waals surface area (Å²) in [5.41, 5.74) is 1.03. The number of hydrogen-bond acceptors (Lipinski definition) is 2. The van der Waals surface area contributed by atoms with Gasteiger partial charge in [0.2, 0.25) is 0 Å². The first-order valence-corrected chi connectivity index (χ1v) is 7.46. The SMILES string of the molecule is O=C(/C=C/N1CCC[NH+](Cc2ccc(F)cc2)CC1)C(F)(F)F. The van der Waals surface area contributed by atoms with Gasteiger partial charge in [-0.2, -0.15) is 13.2 Å². The molecule has 7 heteroatoms. The molecule has 0 aliphatic carbocycles. The van der Waals surface area contributed by atoms with E-state index in [1.807, 2.05) is 0 Å². The Hall–Kier alpha value is -1.89. The van der Waals surface area contributed by atoms with Gasteiger partial charge in [-0.3, -0.25) is 4.79 Å². The van der Waals surface area contributed by atoms with Crippen LogP contribution in [0.4, 0.5) is 17.6 Å². The van der Waals surface area contributed by atoms with Gasteiger partial charge in [0.15, 0.2) is 0 Å². The number of benzene rings is 1. The third-order valence-corrected chi connectivity index (χ3v) is 3.81. The summed E-state index contributed by atoms with van der Waals surface area (Å²) in [6.45, 7) is 3.59. The van der Waals surface area contributed by atoms with E-state index in [1.54, 1.807) is 17.0 Å². The molecule has 0 spiro atoms. The molecule has 1 saturated heterocycles. The number of rotatable bonds is 4. The summed E-state index contributed by atoms with van der Waals surface area (Å²) in [4.78, 5) is 13.9. The molecule has 0 aromatic heterocycles. The highest BCUT2D eigenvalue weighted by atomic mass is 19.4. The van der Waals surface area contributed by atoms with E-state index in [2.05, 4.69) is 0 Å². The number of halogens is 4. The minimum atomic E-state index is -4.82. The molecule has 1 atom stereocenters. The lowest BCUT2D eigenvalue weighted by Gasteiger charge is -2.18. The molecular formula is C16H19F4N2O+. The van der Waals surface area contributed by atoms with Crippen molar-refractivity contribution in [1.82, 2.24) is 4.90 Å². The molecule has 1 aromatic carbocycles. The minimum Gasteiger partial charge on any atom is -0.371 e. The lowest BCUT2D eigenvalue weighted by atomic mass is 10.2. The van der Waals surface area contributed by atoms with Crippen molar-refractivity contribution in [2.45, 2.75) is 19.1 Å². The van der Waals surface area contributed by atoms with Gasteiger partial charge in [0, 0.05) is 30.8 Å². The van der Waals surface area contributed by atoms with Crippen molar-refractivity contribution in [3.8, 4) is 0 Å². The van der Waals surface area contributed by atoms with Crippen LogP contribution in [0.15, 0.2) is 36.5 Å². The number of alkyl halides is 3. The Balaban J connectivity index is 1.86. The van der Waals surface area contributed by atoms with Crippen molar-refractivity contribution in [2.24, 2.45) is 0 Å². The van der Waals surface area contributed by atoms with E-state index in [1.165, 1.54) is 23.2 Å². The fourth-order valence-electron chi connectivity index (χ4n) is 2.56. The zero-order valence-corrected chi connectivity index (χ0v) is 12.6. The standard InChI is InChI=1S/C16H18F4N2O/c17-14-4-2-13(3-5-14)12-22-8-1-7-21(10-11-22)9-6-15(23)16(18,19)20/h2-6,9H,1,7-8,10-12H2/p+1/b9-6+. The predicted octanol–water partition coefficient (Wildman–Crippen LogP) is 1.56. The van der Waals surface area contributed by atoms with Crippen LogP contribution in [0, 0.1) is 5.82 Å². The second-order valence-corrected chi connectivity index (χ2v) is 5.62. The third kappa shape index (κ3) is 5.67. The third-order valence-electron chi connectivity index (χ3n) is 3.81. The van der Waals surface area contributed by atoms with E-state index >= 15 is 0 Å². The van der Waals surface area contributed by atoms with Crippen molar-refractivity contribution in [1.29, 1.82) is 0 Å². The topological polar surface area (TPSA) is 24.8 Å². The number of carbonyl (C=O) groups excluding carboxylic acids is 1. The average molecular weight is 331 g/mol. The van der Waals surface area contributed by atoms with E-state index < -0.39 is 12.0 Å². The van der Waals surface area contributed by atoms with Crippen LogP contribution < -0.4 is 4.90 Å². The Bertz CT molecular complexity index is 554. The van der Waals surface area contributed by atoms with Crippen LogP contribution in [0.25, 0.3) is 0 Å². The molecule has 0 radical (unpaired) electrons. The molecule has 1 heterocycles. The molecule has 23 heavy (non-hydrogen) atoms. The van der Waals surface area contributed by atoms with E-state index in [0.717, 1.165) is 31.6 Å². The normalized spacial score (nSPS) is 19.8. The minimum absolute atomic E-state index is 0.273. The molecule has 1 fully saturated rings. The molecule has 1 unspecified atom stereocenters. The predicted molar refractivity (Wildman–Crippen MR) is 77.2 cm³/mol. The van der Waals surface area contributed by atoms with Gasteiger partial charge in [0.25, 0.3) is 5.78 Å². The second kappa shape index (κ2) is 7.59. The summed E-state index contributed by atoms with van der Waals surface area (Å²) in [7, 11) is 0. The van der Waals surface area contributed by atoms with Crippen LogP contribution in [0.1, 0.15) is 12.0 Å². The molecule has 0 bridgehead atoms. The first kappa shape index (κ1) is 17.5. The fourth-order valence-corrected chi connectivity index (χ4v) is 2.56. The van der Waals surface area contributed by atoms with Gasteiger partial charge < -0.3 is 9.80 Å². The molecule has 0 amide bonds. The summed E-state index contributed by atoms with van der Waals surface area (Å²) in [5, 5.41) is 0. The van der Waals surface area contributed by atoms with Crippen molar-refractivity contribution in [2.75, 3.05) is 26.2 Å². The highest BCUT2D eigenvalue weighted by Crippen LogP contribution is 2.16. The number of hydrogen-bond donors (Lipinski definition) is 1. The number of quaternary nitrogens is 1. The van der Waals surface area contributed by atoms with Gasteiger partial charge >= 0.3 is 6.18 Å². The monoisotopic (exact) mass is 331 g/mol. The summed E-state index contributed by atoms with van der Waals surface area (Å²) >= 11 is 0. The van der Waals surface area contributed by atoms with Gasteiger partial charge in [-0.25, -0.2) is 4.39 Å². The van der Waals surface area contributed by atoms with Crippen molar-refractivity contribution in [3.63, 3.8) is 0 Å². The van der Waals surface area contributed by atoms with Gasteiger partial charge in [0.1, 0.15) is 12.4 Å². The number of ketones is 1. The summed E-state index contributed by atoms with van der Waals surface area (Å²) in [5.74, 6) is -2.11. The molecule has 1 aromatic rings. The van der Waals surface area contributed by atoms with Gasteiger partial charge in [-0.1, -0.05) is 12.1 Å². The lowest BCUT2D eigenvalue weighted by molar-refractivity contribution is -0.911. The van der Waals surface area contributed by atoms with Gasteiger partial charge in [0.05, 0.1) is 19.6 Å². The Morgan fingerprint density at radius 2 is 1.87 bits per heavy atom. The Morgan fingerprint density at radius 3 is 2.52 bits per heavy atom. The first-order chi connectivity index (χ1) is 10.8. The molecule has 1 N–H and O–H groups in total. The molecule has 1 aliphatic heterocycles. The maximum atomic E-state index is 12.9. The fraction of sp³-hybridized carbons (Fsp3) is 0.438. The number of nitrogens with zero attached hydrogens (tertiary/aromatic N) is 1. The Labute approximate surface area is 132 Å². The van der Waals surface area contributed by atoms with Crippen LogP contribution in [0.5, 0.6) is 0 Å². The number of allylic oxidation sites excluding steroid dienone is 1. The molecule has 2 rings (SSSR count). The smallest absolute Gasteiger partial charge is 0.371 e.